The van der Waals surface area contributed by atoms with E-state index in [1.54, 1.807) is 0 Å². The maximum atomic E-state index is 5.68. The Kier molecular flexibility index (Phi) is 4.98. The van der Waals surface area contributed by atoms with E-state index in [0.717, 1.165) is 44.9 Å². The molecule has 18 heavy (non-hydrogen) atoms. The minimum absolute atomic E-state index is 0.0429. The van der Waals surface area contributed by atoms with Crippen molar-refractivity contribution in [2.45, 2.75) is 38.2 Å². The zero-order valence-electron chi connectivity index (χ0n) is 11.8. The van der Waals surface area contributed by atoms with E-state index in [0.29, 0.717) is 5.41 Å². The van der Waals surface area contributed by atoms with Crippen LogP contribution in [0.5, 0.6) is 0 Å². The van der Waals surface area contributed by atoms with Crippen molar-refractivity contribution < 1.29 is 9.47 Å². The van der Waals surface area contributed by atoms with Gasteiger partial charge in [0.05, 0.1) is 5.60 Å². The number of thiol groups is 1. The van der Waals surface area contributed by atoms with Crippen LogP contribution in [-0.4, -0.2) is 56.2 Å². The van der Waals surface area contributed by atoms with Crippen molar-refractivity contribution in [2.75, 3.05) is 45.7 Å². The van der Waals surface area contributed by atoms with Gasteiger partial charge in [0, 0.05) is 33.4 Å². The summed E-state index contributed by atoms with van der Waals surface area (Å²) in [6, 6.07) is 0. The molecule has 2 fully saturated rings. The minimum Gasteiger partial charge on any atom is -0.381 e. The molecule has 2 aliphatic heterocycles. The van der Waals surface area contributed by atoms with Gasteiger partial charge in [0.1, 0.15) is 0 Å². The van der Waals surface area contributed by atoms with Crippen LogP contribution in [-0.2, 0) is 9.47 Å². The van der Waals surface area contributed by atoms with Crippen LogP contribution in [0.15, 0.2) is 0 Å². The Morgan fingerprint density at radius 3 is 2.61 bits per heavy atom. The van der Waals surface area contributed by atoms with Crippen LogP contribution in [0, 0.1) is 5.41 Å². The minimum atomic E-state index is 0.0429. The third kappa shape index (κ3) is 3.41. The van der Waals surface area contributed by atoms with Crippen LogP contribution in [0.3, 0.4) is 0 Å². The fraction of sp³-hybridized carbons (Fsp3) is 1.00. The number of ether oxygens (including phenoxy) is 2. The van der Waals surface area contributed by atoms with Crippen LogP contribution in [0.1, 0.15) is 32.6 Å². The van der Waals surface area contributed by atoms with Gasteiger partial charge in [0.2, 0.25) is 0 Å². The Morgan fingerprint density at radius 2 is 2.00 bits per heavy atom. The summed E-state index contributed by atoms with van der Waals surface area (Å²) in [6.45, 7) is 7.44. The van der Waals surface area contributed by atoms with Crippen LogP contribution >= 0.6 is 12.6 Å². The van der Waals surface area contributed by atoms with Gasteiger partial charge in [-0.2, -0.15) is 12.6 Å². The average Bonchev–Trinajstić information content (AvgIpc) is 2.40. The lowest BCUT2D eigenvalue weighted by Crippen LogP contribution is -2.52. The molecular formula is C14H27NO2S. The van der Waals surface area contributed by atoms with Gasteiger partial charge in [0.25, 0.3) is 0 Å². The molecular weight excluding hydrogens is 246 g/mol. The van der Waals surface area contributed by atoms with E-state index < -0.39 is 0 Å². The summed E-state index contributed by atoms with van der Waals surface area (Å²) in [4.78, 5) is 2.58. The largest absolute Gasteiger partial charge is 0.381 e. The lowest BCUT2D eigenvalue weighted by Gasteiger charge is -2.45. The fourth-order valence-corrected chi connectivity index (χ4v) is 3.67. The predicted octanol–water partition coefficient (Wildman–Crippen LogP) is 2.21. The van der Waals surface area contributed by atoms with Gasteiger partial charge < -0.3 is 9.47 Å². The number of hydrogen-bond donors (Lipinski definition) is 1. The van der Waals surface area contributed by atoms with E-state index in [4.69, 9.17) is 9.47 Å². The van der Waals surface area contributed by atoms with Gasteiger partial charge >= 0.3 is 0 Å². The molecule has 106 valence electrons. The van der Waals surface area contributed by atoms with E-state index in [9.17, 15) is 0 Å². The molecule has 0 spiro atoms. The molecule has 0 saturated carbocycles. The Labute approximate surface area is 117 Å². The molecule has 0 amide bonds. The second kappa shape index (κ2) is 6.12. The summed E-state index contributed by atoms with van der Waals surface area (Å²) in [5, 5.41) is 0. The van der Waals surface area contributed by atoms with Crippen molar-refractivity contribution in [3.05, 3.63) is 0 Å². The first-order valence-corrected chi connectivity index (χ1v) is 7.71. The van der Waals surface area contributed by atoms with Gasteiger partial charge in [-0.15, -0.1) is 0 Å². The Balaban J connectivity index is 1.94. The normalized spacial score (nSPS) is 33.5. The van der Waals surface area contributed by atoms with Gasteiger partial charge in [-0.3, -0.25) is 4.90 Å². The first-order chi connectivity index (χ1) is 8.61. The lowest BCUT2D eigenvalue weighted by atomic mass is 9.80. The molecule has 2 heterocycles. The SMILES string of the molecule is COC1(C)CCCN(CC2(CS)CCOCC2)C1. The molecule has 0 radical (unpaired) electrons. The quantitative estimate of drug-likeness (QED) is 0.794. The zero-order valence-corrected chi connectivity index (χ0v) is 12.7. The van der Waals surface area contributed by atoms with Gasteiger partial charge in [0.15, 0.2) is 0 Å². The number of likely N-dealkylation sites (tertiary alicyclic amines) is 1. The van der Waals surface area contributed by atoms with Crippen LogP contribution in [0.2, 0.25) is 0 Å². The zero-order chi connectivity index (χ0) is 13.1. The standard InChI is InChI=1S/C14H27NO2S/c1-13(16-2)4-3-7-15(10-13)11-14(12-18)5-8-17-9-6-14/h18H,3-12H2,1-2H3. The average molecular weight is 273 g/mol. The van der Waals surface area contributed by atoms with Gasteiger partial charge in [-0.25, -0.2) is 0 Å². The van der Waals surface area contributed by atoms with Gasteiger partial charge in [-0.1, -0.05) is 0 Å². The summed E-state index contributed by atoms with van der Waals surface area (Å²) in [7, 11) is 1.84. The van der Waals surface area contributed by atoms with Crippen LogP contribution < -0.4 is 0 Å². The highest BCUT2D eigenvalue weighted by Gasteiger charge is 2.37. The molecule has 0 bridgehead atoms. The molecule has 0 aromatic heterocycles. The van der Waals surface area contributed by atoms with E-state index in [1.165, 1.54) is 19.4 Å². The summed E-state index contributed by atoms with van der Waals surface area (Å²) in [5.41, 5.74) is 0.397. The van der Waals surface area contributed by atoms with E-state index >= 15 is 0 Å². The molecule has 2 saturated heterocycles. The second-order valence-corrected chi connectivity index (χ2v) is 6.55. The van der Waals surface area contributed by atoms with Crippen molar-refractivity contribution in [2.24, 2.45) is 5.41 Å². The van der Waals surface area contributed by atoms with Crippen molar-refractivity contribution in [3.63, 3.8) is 0 Å². The van der Waals surface area contributed by atoms with Crippen LogP contribution in [0.4, 0.5) is 0 Å². The Bertz CT molecular complexity index is 269. The highest BCUT2D eigenvalue weighted by atomic mass is 32.1. The molecule has 0 aromatic carbocycles. The summed E-state index contributed by atoms with van der Waals surface area (Å²) in [5.74, 6) is 0.969. The van der Waals surface area contributed by atoms with Crippen molar-refractivity contribution in [3.8, 4) is 0 Å². The van der Waals surface area contributed by atoms with E-state index in [2.05, 4.69) is 24.5 Å². The smallest absolute Gasteiger partial charge is 0.0777 e. The molecule has 1 unspecified atom stereocenters. The number of nitrogens with zero attached hydrogens (tertiary/aromatic N) is 1. The molecule has 2 rings (SSSR count). The second-order valence-electron chi connectivity index (χ2n) is 6.24. The highest BCUT2D eigenvalue weighted by Crippen LogP contribution is 2.35. The van der Waals surface area contributed by atoms with E-state index in [1.807, 2.05) is 7.11 Å². The van der Waals surface area contributed by atoms with Gasteiger partial charge in [-0.05, 0) is 50.3 Å². The van der Waals surface area contributed by atoms with Crippen LogP contribution in [0.25, 0.3) is 0 Å². The molecule has 1 atom stereocenters. The van der Waals surface area contributed by atoms with Crippen molar-refractivity contribution in [1.82, 2.24) is 4.90 Å². The monoisotopic (exact) mass is 273 g/mol. The lowest BCUT2D eigenvalue weighted by molar-refractivity contribution is -0.0672. The van der Waals surface area contributed by atoms with Crippen molar-refractivity contribution in [1.29, 1.82) is 0 Å². The summed E-state index contributed by atoms with van der Waals surface area (Å²) >= 11 is 4.60. The maximum absolute atomic E-state index is 5.68. The Morgan fingerprint density at radius 1 is 1.28 bits per heavy atom. The summed E-state index contributed by atoms with van der Waals surface area (Å²) < 4.78 is 11.2. The first-order valence-electron chi connectivity index (χ1n) is 7.08. The highest BCUT2D eigenvalue weighted by molar-refractivity contribution is 7.80. The number of rotatable bonds is 4. The third-order valence-corrected chi connectivity index (χ3v) is 5.35. The number of methoxy groups -OCH3 is 1. The first kappa shape index (κ1) is 14.6. The predicted molar refractivity (Wildman–Crippen MR) is 77.4 cm³/mol. The molecule has 3 nitrogen and oxygen atoms in total. The molecule has 0 aliphatic carbocycles. The maximum Gasteiger partial charge on any atom is 0.0777 e. The summed E-state index contributed by atoms with van der Waals surface area (Å²) in [6.07, 6.45) is 4.72. The molecule has 0 aromatic rings. The fourth-order valence-electron chi connectivity index (χ4n) is 3.25. The number of hydrogen-bond acceptors (Lipinski definition) is 4. The topological polar surface area (TPSA) is 21.7 Å². The molecule has 2 aliphatic rings. The van der Waals surface area contributed by atoms with Crippen molar-refractivity contribution >= 4 is 12.6 Å². The van der Waals surface area contributed by atoms with E-state index in [-0.39, 0.29) is 5.60 Å². The number of piperidine rings is 1. The Hall–Kier alpha value is 0.230. The molecule has 0 N–H and O–H groups in total. The molecule has 4 heteroatoms. The third-order valence-electron chi connectivity index (χ3n) is 4.68.